The maximum Gasteiger partial charge on any atom is 0.265 e. The second-order valence-electron chi connectivity index (χ2n) is 6.30. The zero-order valence-electron chi connectivity index (χ0n) is 15.6. The molecule has 0 spiro atoms. The molecule has 3 rings (SSSR count). The van der Waals surface area contributed by atoms with Gasteiger partial charge in [0, 0.05) is 6.54 Å². The van der Waals surface area contributed by atoms with Crippen LogP contribution in [-0.4, -0.2) is 24.5 Å². The molecule has 0 aliphatic carbocycles. The summed E-state index contributed by atoms with van der Waals surface area (Å²) in [5.74, 6) is -0.00519. The van der Waals surface area contributed by atoms with Crippen molar-refractivity contribution in [2.45, 2.75) is 13.0 Å². The Balaban J connectivity index is 1.70. The molecule has 0 aliphatic rings. The van der Waals surface area contributed by atoms with Gasteiger partial charge in [-0.3, -0.25) is 9.59 Å². The zero-order valence-corrected chi connectivity index (χ0v) is 15.6. The van der Waals surface area contributed by atoms with E-state index in [-0.39, 0.29) is 11.8 Å². The monoisotopic (exact) mass is 374 g/mol. The first-order chi connectivity index (χ1) is 13.6. The quantitative estimate of drug-likeness (QED) is 0.610. The van der Waals surface area contributed by atoms with E-state index in [0.29, 0.717) is 23.5 Å². The van der Waals surface area contributed by atoms with Gasteiger partial charge in [-0.15, -0.1) is 6.58 Å². The average Bonchev–Trinajstić information content (AvgIpc) is 2.72. The molecule has 5 heteroatoms. The SMILES string of the molecule is C=CCNC(=O)c1ccccc1NC(=O)[C@H](C)Oc1ccc2ccccc2c1. The van der Waals surface area contributed by atoms with E-state index in [4.69, 9.17) is 4.74 Å². The second kappa shape index (κ2) is 8.86. The summed E-state index contributed by atoms with van der Waals surface area (Å²) >= 11 is 0. The van der Waals surface area contributed by atoms with Crippen LogP contribution >= 0.6 is 0 Å². The number of hydrogen-bond donors (Lipinski definition) is 2. The maximum atomic E-state index is 12.6. The molecule has 0 saturated carbocycles. The molecule has 2 amide bonds. The summed E-state index contributed by atoms with van der Waals surface area (Å²) in [6, 6.07) is 20.5. The number of carbonyl (C=O) groups excluding carboxylic acids is 2. The van der Waals surface area contributed by atoms with Crippen LogP contribution in [0.15, 0.2) is 79.4 Å². The molecule has 0 aromatic heterocycles. The minimum absolute atomic E-state index is 0.279. The van der Waals surface area contributed by atoms with Crippen molar-refractivity contribution in [1.82, 2.24) is 5.32 Å². The van der Waals surface area contributed by atoms with Gasteiger partial charge in [-0.25, -0.2) is 0 Å². The van der Waals surface area contributed by atoms with Gasteiger partial charge in [0.05, 0.1) is 11.3 Å². The molecule has 2 N–H and O–H groups in total. The van der Waals surface area contributed by atoms with Crippen LogP contribution in [0.3, 0.4) is 0 Å². The van der Waals surface area contributed by atoms with Gasteiger partial charge >= 0.3 is 0 Å². The highest BCUT2D eigenvalue weighted by Crippen LogP contribution is 2.22. The van der Waals surface area contributed by atoms with E-state index >= 15 is 0 Å². The summed E-state index contributed by atoms with van der Waals surface area (Å²) in [5, 5.41) is 7.63. The molecular formula is C23H22N2O3. The predicted molar refractivity (Wildman–Crippen MR) is 112 cm³/mol. The van der Waals surface area contributed by atoms with Gasteiger partial charge in [0.15, 0.2) is 6.10 Å². The second-order valence-corrected chi connectivity index (χ2v) is 6.30. The highest BCUT2D eigenvalue weighted by atomic mass is 16.5. The van der Waals surface area contributed by atoms with Crippen LogP contribution in [-0.2, 0) is 4.79 Å². The molecule has 3 aromatic carbocycles. The first-order valence-corrected chi connectivity index (χ1v) is 9.03. The summed E-state index contributed by atoms with van der Waals surface area (Å²) in [5.41, 5.74) is 0.818. The van der Waals surface area contributed by atoms with Gasteiger partial charge in [0.2, 0.25) is 0 Å². The van der Waals surface area contributed by atoms with E-state index in [9.17, 15) is 9.59 Å². The average molecular weight is 374 g/mol. The number of para-hydroxylation sites is 1. The maximum absolute atomic E-state index is 12.6. The number of nitrogens with one attached hydrogen (secondary N) is 2. The fourth-order valence-corrected chi connectivity index (χ4v) is 2.78. The molecule has 0 unspecified atom stereocenters. The first kappa shape index (κ1) is 19.2. The van der Waals surface area contributed by atoms with E-state index in [0.717, 1.165) is 10.8 Å². The number of rotatable bonds is 7. The van der Waals surface area contributed by atoms with Gasteiger partial charge in [-0.2, -0.15) is 0 Å². The summed E-state index contributed by atoms with van der Waals surface area (Å²) in [4.78, 5) is 24.8. The first-order valence-electron chi connectivity index (χ1n) is 9.03. The van der Waals surface area contributed by atoms with Crippen molar-refractivity contribution >= 4 is 28.3 Å². The largest absolute Gasteiger partial charge is 0.481 e. The molecule has 28 heavy (non-hydrogen) atoms. The third kappa shape index (κ3) is 4.57. The minimum Gasteiger partial charge on any atom is -0.481 e. The number of fused-ring (bicyclic) bond motifs is 1. The number of benzene rings is 3. The Kier molecular flexibility index (Phi) is 6.07. The van der Waals surface area contributed by atoms with Gasteiger partial charge in [0.1, 0.15) is 5.75 Å². The van der Waals surface area contributed by atoms with E-state index in [1.807, 2.05) is 42.5 Å². The fraction of sp³-hybridized carbons (Fsp3) is 0.130. The van der Waals surface area contributed by atoms with Gasteiger partial charge < -0.3 is 15.4 Å². The Morgan fingerprint density at radius 3 is 2.54 bits per heavy atom. The lowest BCUT2D eigenvalue weighted by Gasteiger charge is -2.16. The van der Waals surface area contributed by atoms with Crippen LogP contribution in [0.2, 0.25) is 0 Å². The molecular weight excluding hydrogens is 352 g/mol. The Bertz CT molecular complexity index is 1010. The molecule has 5 nitrogen and oxygen atoms in total. The van der Waals surface area contributed by atoms with Crippen molar-refractivity contribution < 1.29 is 14.3 Å². The highest BCUT2D eigenvalue weighted by Gasteiger charge is 2.18. The Hall–Kier alpha value is -3.60. The van der Waals surface area contributed by atoms with Crippen LogP contribution in [0.5, 0.6) is 5.75 Å². The van der Waals surface area contributed by atoms with Gasteiger partial charge in [0.25, 0.3) is 11.8 Å². The van der Waals surface area contributed by atoms with Crippen molar-refractivity contribution in [1.29, 1.82) is 0 Å². The lowest BCUT2D eigenvalue weighted by Crippen LogP contribution is -2.31. The van der Waals surface area contributed by atoms with Gasteiger partial charge in [-0.05, 0) is 42.0 Å². The molecule has 3 aromatic rings. The molecule has 0 radical (unpaired) electrons. The molecule has 0 bridgehead atoms. The molecule has 142 valence electrons. The third-order valence-corrected chi connectivity index (χ3v) is 4.24. The van der Waals surface area contributed by atoms with Crippen molar-refractivity contribution in [2.24, 2.45) is 0 Å². The molecule has 0 heterocycles. The highest BCUT2D eigenvalue weighted by molar-refractivity contribution is 6.04. The topological polar surface area (TPSA) is 67.4 Å². The van der Waals surface area contributed by atoms with Crippen molar-refractivity contribution in [3.63, 3.8) is 0 Å². The van der Waals surface area contributed by atoms with E-state index in [2.05, 4.69) is 17.2 Å². The zero-order chi connectivity index (χ0) is 19.9. The fourth-order valence-electron chi connectivity index (χ4n) is 2.78. The minimum atomic E-state index is -0.731. The van der Waals surface area contributed by atoms with E-state index < -0.39 is 6.10 Å². The summed E-state index contributed by atoms with van der Waals surface area (Å²) < 4.78 is 5.80. The van der Waals surface area contributed by atoms with E-state index in [1.54, 1.807) is 37.3 Å². The van der Waals surface area contributed by atoms with E-state index in [1.165, 1.54) is 0 Å². The lowest BCUT2D eigenvalue weighted by molar-refractivity contribution is -0.122. The Morgan fingerprint density at radius 2 is 1.75 bits per heavy atom. The normalized spacial score (nSPS) is 11.5. The number of hydrogen-bond acceptors (Lipinski definition) is 3. The predicted octanol–water partition coefficient (Wildman–Crippen LogP) is 4.16. The standard InChI is InChI=1S/C23H22N2O3/c1-3-14-24-23(27)20-10-6-7-11-21(20)25-22(26)16(2)28-19-13-12-17-8-4-5-9-18(17)15-19/h3-13,15-16H,1,14H2,2H3,(H,24,27)(H,25,26)/t16-/m0/s1. The van der Waals surface area contributed by atoms with Gasteiger partial charge in [-0.1, -0.05) is 48.5 Å². The number of amides is 2. The lowest BCUT2D eigenvalue weighted by atomic mass is 10.1. The van der Waals surface area contributed by atoms with Crippen LogP contribution in [0.1, 0.15) is 17.3 Å². The Morgan fingerprint density at radius 1 is 1.04 bits per heavy atom. The van der Waals surface area contributed by atoms with Crippen LogP contribution < -0.4 is 15.4 Å². The van der Waals surface area contributed by atoms with Crippen molar-refractivity contribution in [3.8, 4) is 5.75 Å². The number of ether oxygens (including phenoxy) is 1. The van der Waals surface area contributed by atoms with Crippen LogP contribution in [0.25, 0.3) is 10.8 Å². The third-order valence-electron chi connectivity index (χ3n) is 4.24. The Labute approximate surface area is 164 Å². The van der Waals surface area contributed by atoms with Crippen LogP contribution in [0.4, 0.5) is 5.69 Å². The smallest absolute Gasteiger partial charge is 0.265 e. The summed E-state index contributed by atoms with van der Waals surface area (Å²) in [6.45, 7) is 5.60. The van der Waals surface area contributed by atoms with Crippen molar-refractivity contribution in [3.05, 3.63) is 84.9 Å². The molecule has 0 saturated heterocycles. The van der Waals surface area contributed by atoms with Crippen LogP contribution in [0, 0.1) is 0 Å². The molecule has 0 aliphatic heterocycles. The summed E-state index contributed by atoms with van der Waals surface area (Å²) in [7, 11) is 0. The molecule has 1 atom stereocenters. The number of anilines is 1. The molecule has 0 fully saturated rings. The van der Waals surface area contributed by atoms with Crippen molar-refractivity contribution in [2.75, 3.05) is 11.9 Å². The number of carbonyl (C=O) groups is 2. The summed E-state index contributed by atoms with van der Waals surface area (Å²) in [6.07, 6.45) is 0.865.